The second-order valence-electron chi connectivity index (χ2n) is 3.00. The predicted molar refractivity (Wildman–Crippen MR) is 80.4 cm³/mol. The van der Waals surface area contributed by atoms with Crippen LogP contribution in [0.2, 0.25) is 0 Å². The van der Waals surface area contributed by atoms with Gasteiger partial charge in [-0.2, -0.15) is 0 Å². The molecule has 19 heavy (non-hydrogen) atoms. The fraction of sp³-hybridized carbons (Fsp3) is 0.571. The highest BCUT2D eigenvalue weighted by atomic mass is 16.2. The van der Waals surface area contributed by atoms with Gasteiger partial charge in [0, 0.05) is 13.2 Å². The molecule has 0 bridgehead atoms. The zero-order valence-electron chi connectivity index (χ0n) is 12.8. The molecule has 0 saturated carbocycles. The lowest BCUT2D eigenvalue weighted by atomic mass is 10.3. The molecule has 5 nitrogen and oxygen atoms in total. The Labute approximate surface area is 115 Å². The van der Waals surface area contributed by atoms with Crippen molar-refractivity contribution in [3.63, 3.8) is 0 Å². The molecule has 0 spiro atoms. The third-order valence-electron chi connectivity index (χ3n) is 1.79. The van der Waals surface area contributed by atoms with Crippen LogP contribution in [0.15, 0.2) is 15.8 Å². The molecule has 0 aliphatic heterocycles. The number of aryl methyl sites for hydroxylation is 1. The lowest BCUT2D eigenvalue weighted by Crippen LogP contribution is -2.29. The molecule has 0 aromatic carbocycles. The number of aromatic amines is 1. The average molecular weight is 267 g/mol. The summed E-state index contributed by atoms with van der Waals surface area (Å²) in [5.74, 6) is 5.49. The van der Waals surface area contributed by atoms with E-state index in [4.69, 9.17) is 0 Å². The van der Waals surface area contributed by atoms with E-state index >= 15 is 0 Å². The summed E-state index contributed by atoms with van der Waals surface area (Å²) in [6.45, 7) is 11.3. The molecule has 0 amide bonds. The van der Waals surface area contributed by atoms with E-state index in [1.54, 1.807) is 7.05 Å². The van der Waals surface area contributed by atoms with Gasteiger partial charge in [-0.1, -0.05) is 46.5 Å². The van der Waals surface area contributed by atoms with Crippen LogP contribution in [0.4, 0.5) is 0 Å². The standard InChI is InChI=1S/C10H13N3O2.2C2H6/c1-3-11-6-4-5-8-7-13(2)10(15)12-9(8)14;2*1-2/h7,11H,3,6H2,1-2H3,(H,12,14,15);2*1-2H3. The normalized spacial score (nSPS) is 8.11. The third kappa shape index (κ3) is 8.01. The number of aromatic nitrogens is 2. The van der Waals surface area contributed by atoms with E-state index in [-0.39, 0.29) is 0 Å². The van der Waals surface area contributed by atoms with Crippen molar-refractivity contribution < 1.29 is 0 Å². The van der Waals surface area contributed by atoms with Gasteiger partial charge in [0.15, 0.2) is 0 Å². The molecule has 1 rings (SSSR count). The molecule has 1 heterocycles. The van der Waals surface area contributed by atoms with E-state index in [2.05, 4.69) is 22.1 Å². The van der Waals surface area contributed by atoms with Crippen LogP contribution in [0.25, 0.3) is 0 Å². The third-order valence-corrected chi connectivity index (χ3v) is 1.79. The zero-order chi connectivity index (χ0) is 15.3. The molecular weight excluding hydrogens is 242 g/mol. The minimum absolute atomic E-state index is 0.301. The van der Waals surface area contributed by atoms with Gasteiger partial charge in [-0.3, -0.25) is 9.78 Å². The van der Waals surface area contributed by atoms with Gasteiger partial charge in [0.1, 0.15) is 5.56 Å². The largest absolute Gasteiger partial charge is 0.328 e. The topological polar surface area (TPSA) is 66.9 Å². The Kier molecular flexibility index (Phi) is 13.0. The van der Waals surface area contributed by atoms with Gasteiger partial charge in [-0.05, 0) is 6.54 Å². The van der Waals surface area contributed by atoms with Crippen LogP contribution >= 0.6 is 0 Å². The van der Waals surface area contributed by atoms with Crippen LogP contribution in [0.1, 0.15) is 40.2 Å². The van der Waals surface area contributed by atoms with Crippen LogP contribution in [0.3, 0.4) is 0 Å². The molecule has 0 atom stereocenters. The monoisotopic (exact) mass is 267 g/mol. The molecule has 108 valence electrons. The number of nitrogens with one attached hydrogen (secondary N) is 2. The van der Waals surface area contributed by atoms with E-state index in [9.17, 15) is 9.59 Å². The first-order chi connectivity index (χ1) is 9.15. The maximum atomic E-state index is 11.3. The van der Waals surface area contributed by atoms with Gasteiger partial charge in [0.05, 0.1) is 6.54 Å². The van der Waals surface area contributed by atoms with E-state index in [0.29, 0.717) is 12.1 Å². The fourth-order valence-corrected chi connectivity index (χ4v) is 0.979. The van der Waals surface area contributed by atoms with Crippen molar-refractivity contribution in [2.75, 3.05) is 13.1 Å². The van der Waals surface area contributed by atoms with Crippen molar-refractivity contribution in [3.8, 4) is 11.8 Å². The Hall–Kier alpha value is -1.80. The fourth-order valence-electron chi connectivity index (χ4n) is 0.979. The molecule has 0 saturated heterocycles. The highest BCUT2D eigenvalue weighted by molar-refractivity contribution is 5.29. The van der Waals surface area contributed by atoms with Gasteiger partial charge in [0.2, 0.25) is 0 Å². The Morgan fingerprint density at radius 1 is 1.26 bits per heavy atom. The number of hydrogen-bond acceptors (Lipinski definition) is 3. The second kappa shape index (κ2) is 12.7. The molecule has 0 aliphatic rings. The number of H-pyrrole nitrogens is 1. The minimum Gasteiger partial charge on any atom is -0.306 e. The summed E-state index contributed by atoms with van der Waals surface area (Å²) in [6.07, 6.45) is 1.43. The summed E-state index contributed by atoms with van der Waals surface area (Å²) in [5.41, 5.74) is -0.575. The Morgan fingerprint density at radius 2 is 1.84 bits per heavy atom. The second-order valence-corrected chi connectivity index (χ2v) is 3.00. The van der Waals surface area contributed by atoms with Crippen molar-refractivity contribution in [2.45, 2.75) is 34.6 Å². The highest BCUT2D eigenvalue weighted by Crippen LogP contribution is 1.81. The van der Waals surface area contributed by atoms with Crippen molar-refractivity contribution in [1.82, 2.24) is 14.9 Å². The molecule has 2 N–H and O–H groups in total. The van der Waals surface area contributed by atoms with Crippen molar-refractivity contribution in [1.29, 1.82) is 0 Å². The maximum Gasteiger partial charge on any atom is 0.328 e. The van der Waals surface area contributed by atoms with Crippen LogP contribution in [0, 0.1) is 11.8 Å². The average Bonchev–Trinajstić information content (AvgIpc) is 2.45. The molecule has 5 heteroatoms. The number of hydrogen-bond donors (Lipinski definition) is 2. The summed E-state index contributed by atoms with van der Waals surface area (Å²) >= 11 is 0. The first kappa shape index (κ1) is 19.5. The molecule has 0 unspecified atom stereocenters. The first-order valence-corrected chi connectivity index (χ1v) is 6.64. The molecule has 0 radical (unpaired) electrons. The van der Waals surface area contributed by atoms with E-state index < -0.39 is 11.2 Å². The summed E-state index contributed by atoms with van der Waals surface area (Å²) in [7, 11) is 1.56. The lowest BCUT2D eigenvalue weighted by molar-refractivity contribution is 0.794. The van der Waals surface area contributed by atoms with Crippen LogP contribution in [-0.2, 0) is 7.05 Å². The van der Waals surface area contributed by atoms with Gasteiger partial charge in [-0.15, -0.1) is 0 Å². The molecule has 1 aromatic heterocycles. The highest BCUT2D eigenvalue weighted by Gasteiger charge is 1.97. The van der Waals surface area contributed by atoms with Crippen molar-refractivity contribution in [2.24, 2.45) is 7.05 Å². The maximum absolute atomic E-state index is 11.3. The molecule has 0 fully saturated rings. The van der Waals surface area contributed by atoms with Gasteiger partial charge < -0.3 is 9.88 Å². The Balaban J connectivity index is 0. The van der Waals surface area contributed by atoms with Crippen LogP contribution < -0.4 is 16.6 Å². The van der Waals surface area contributed by atoms with Gasteiger partial charge in [-0.25, -0.2) is 4.79 Å². The summed E-state index contributed by atoms with van der Waals surface area (Å²) in [4.78, 5) is 24.5. The van der Waals surface area contributed by atoms with E-state index in [1.165, 1.54) is 10.8 Å². The Bertz CT molecular complexity index is 504. The minimum atomic E-state index is -0.443. The van der Waals surface area contributed by atoms with E-state index in [1.807, 2.05) is 34.6 Å². The van der Waals surface area contributed by atoms with Crippen LogP contribution in [-0.4, -0.2) is 22.6 Å². The van der Waals surface area contributed by atoms with Gasteiger partial charge in [0.25, 0.3) is 5.56 Å². The van der Waals surface area contributed by atoms with E-state index in [0.717, 1.165) is 6.54 Å². The summed E-state index contributed by atoms with van der Waals surface area (Å²) < 4.78 is 1.29. The number of rotatable bonds is 2. The molecule has 0 aliphatic carbocycles. The Morgan fingerprint density at radius 3 is 2.37 bits per heavy atom. The van der Waals surface area contributed by atoms with Crippen molar-refractivity contribution >= 4 is 0 Å². The first-order valence-electron chi connectivity index (χ1n) is 6.64. The van der Waals surface area contributed by atoms with Crippen LogP contribution in [0.5, 0.6) is 0 Å². The summed E-state index contributed by atoms with van der Waals surface area (Å²) in [6, 6.07) is 0. The van der Waals surface area contributed by atoms with Gasteiger partial charge >= 0.3 is 5.69 Å². The SMILES string of the molecule is CC.CC.CCNCC#Cc1cn(C)c(=O)[nH]c1=O. The smallest absolute Gasteiger partial charge is 0.306 e. The summed E-state index contributed by atoms with van der Waals surface area (Å²) in [5, 5.41) is 3.01. The zero-order valence-corrected chi connectivity index (χ0v) is 12.8. The molecular formula is C14H25N3O2. The lowest BCUT2D eigenvalue weighted by Gasteiger charge is -1.95. The van der Waals surface area contributed by atoms with Crippen molar-refractivity contribution in [3.05, 3.63) is 32.6 Å². The quantitative estimate of drug-likeness (QED) is 0.622. The number of nitrogens with zero attached hydrogens (tertiary/aromatic N) is 1. The predicted octanol–water partition coefficient (Wildman–Crippen LogP) is 1.09. The molecule has 1 aromatic rings.